The van der Waals surface area contributed by atoms with Gasteiger partial charge in [0.15, 0.2) is 5.69 Å². The number of benzene rings is 1. The molecule has 39 heavy (non-hydrogen) atoms. The molecular formula is C26H28F3N5O5. The number of aryl methyl sites for hydroxylation is 1. The Labute approximate surface area is 221 Å². The zero-order chi connectivity index (χ0) is 28.1. The molecule has 1 saturated carbocycles. The Morgan fingerprint density at radius 2 is 1.92 bits per heavy atom. The Hall–Kier alpha value is -3.90. The van der Waals surface area contributed by atoms with Gasteiger partial charge in [0, 0.05) is 13.1 Å². The minimum atomic E-state index is -1.82. The van der Waals surface area contributed by atoms with Crippen LogP contribution in [0.2, 0.25) is 0 Å². The summed E-state index contributed by atoms with van der Waals surface area (Å²) in [6, 6.07) is 4.24. The molecule has 3 aliphatic heterocycles. The molecule has 6 rings (SSSR count). The minimum Gasteiger partial charge on any atom is -0.501 e. The molecular weight excluding hydrogens is 519 g/mol. The molecule has 2 aromatic rings. The summed E-state index contributed by atoms with van der Waals surface area (Å²) in [4.78, 5) is 57.2. The molecule has 2 bridgehead atoms. The molecule has 13 heteroatoms. The predicted molar refractivity (Wildman–Crippen MR) is 131 cm³/mol. The zero-order valence-electron chi connectivity index (χ0n) is 21.2. The average molecular weight is 548 g/mol. The summed E-state index contributed by atoms with van der Waals surface area (Å²) in [6.07, 6.45) is -1.27. The number of hydrogen-bond acceptors (Lipinski definition) is 6. The molecule has 0 unspecified atom stereocenters. The van der Waals surface area contributed by atoms with Crippen LogP contribution >= 0.6 is 0 Å². The number of carbonyl (C=O) groups excluding carboxylic acids is 3. The van der Waals surface area contributed by atoms with Crippen molar-refractivity contribution in [2.75, 3.05) is 13.1 Å². The van der Waals surface area contributed by atoms with Crippen LogP contribution in [0.5, 0.6) is 5.75 Å². The van der Waals surface area contributed by atoms with Crippen molar-refractivity contribution in [3.05, 3.63) is 57.0 Å². The number of aromatic hydroxyl groups is 1. The summed E-state index contributed by atoms with van der Waals surface area (Å²) in [5.41, 5.74) is -4.04. The molecule has 1 aliphatic carbocycles. The van der Waals surface area contributed by atoms with Crippen LogP contribution in [0.3, 0.4) is 0 Å². The number of aromatic nitrogens is 2. The molecule has 0 radical (unpaired) electrons. The first-order chi connectivity index (χ1) is 18.4. The average Bonchev–Trinajstić information content (AvgIpc) is 3.25. The van der Waals surface area contributed by atoms with E-state index >= 15 is 4.39 Å². The highest BCUT2D eigenvalue weighted by Crippen LogP contribution is 2.46. The van der Waals surface area contributed by atoms with E-state index in [9.17, 15) is 33.1 Å². The lowest BCUT2D eigenvalue weighted by molar-refractivity contribution is -0.146. The second-order valence-corrected chi connectivity index (χ2v) is 10.6. The van der Waals surface area contributed by atoms with Crippen LogP contribution in [0.25, 0.3) is 0 Å². The molecule has 208 valence electrons. The third kappa shape index (κ3) is 4.85. The van der Waals surface area contributed by atoms with Crippen LogP contribution in [0, 0.1) is 12.7 Å². The smallest absolute Gasteiger partial charge is 0.312 e. The molecule has 4 heterocycles. The molecule has 10 nitrogen and oxygen atoms in total. The van der Waals surface area contributed by atoms with Crippen molar-refractivity contribution >= 4 is 17.7 Å². The maximum atomic E-state index is 15.6. The van der Waals surface area contributed by atoms with Gasteiger partial charge in [-0.15, -0.1) is 0 Å². The number of nitrogens with one attached hydrogen (secondary N) is 2. The van der Waals surface area contributed by atoms with Gasteiger partial charge in [-0.05, 0) is 56.2 Å². The highest BCUT2D eigenvalue weighted by Gasteiger charge is 2.52. The summed E-state index contributed by atoms with van der Waals surface area (Å²) in [5.74, 6) is -4.46. The fraction of sp³-hybridized carbons (Fsp3) is 0.500. The maximum Gasteiger partial charge on any atom is 0.312 e. The summed E-state index contributed by atoms with van der Waals surface area (Å²) in [7, 11) is 0. The van der Waals surface area contributed by atoms with E-state index in [1.54, 1.807) is 6.92 Å². The van der Waals surface area contributed by atoms with E-state index in [0.29, 0.717) is 11.1 Å². The van der Waals surface area contributed by atoms with Crippen molar-refractivity contribution < 1.29 is 32.7 Å². The fourth-order valence-electron chi connectivity index (χ4n) is 5.58. The van der Waals surface area contributed by atoms with Crippen LogP contribution < -0.4 is 16.2 Å². The van der Waals surface area contributed by atoms with Crippen molar-refractivity contribution in [1.82, 2.24) is 25.1 Å². The first kappa shape index (κ1) is 26.7. The summed E-state index contributed by atoms with van der Waals surface area (Å²) >= 11 is 0. The van der Waals surface area contributed by atoms with Crippen molar-refractivity contribution in [2.45, 2.75) is 69.5 Å². The zero-order valence-corrected chi connectivity index (χ0v) is 21.2. The molecule has 3 amide bonds. The lowest BCUT2D eigenvalue weighted by atomic mass is 9.76. The number of amides is 3. The van der Waals surface area contributed by atoms with Crippen molar-refractivity contribution in [3.8, 4) is 5.75 Å². The van der Waals surface area contributed by atoms with Gasteiger partial charge in [-0.1, -0.05) is 12.1 Å². The Morgan fingerprint density at radius 3 is 2.56 bits per heavy atom. The van der Waals surface area contributed by atoms with Crippen LogP contribution in [-0.4, -0.2) is 62.2 Å². The topological polar surface area (TPSA) is 134 Å². The Balaban J connectivity index is 1.47. The van der Waals surface area contributed by atoms with E-state index in [-0.39, 0.29) is 57.6 Å². The van der Waals surface area contributed by atoms with Gasteiger partial charge >= 0.3 is 11.8 Å². The molecule has 3 N–H and O–H groups in total. The van der Waals surface area contributed by atoms with Gasteiger partial charge in [-0.2, -0.15) is 0 Å². The SMILES string of the molecule is Cc1cc(CNC(=O)c2nc3n(c(=O)c2O)CC2(F)CCC3(NC(=O)C(=O)N3CC[C@@H](F)C3)CC2)ccc1F. The monoisotopic (exact) mass is 547 g/mol. The molecule has 0 spiro atoms. The highest BCUT2D eigenvalue weighted by atomic mass is 19.1. The maximum absolute atomic E-state index is 15.6. The van der Waals surface area contributed by atoms with Gasteiger partial charge in [0.05, 0.1) is 18.6 Å². The van der Waals surface area contributed by atoms with E-state index in [4.69, 9.17) is 0 Å². The van der Waals surface area contributed by atoms with Gasteiger partial charge in [-0.25, -0.2) is 18.2 Å². The number of rotatable bonds is 4. The van der Waals surface area contributed by atoms with Crippen LogP contribution in [0.15, 0.2) is 23.0 Å². The summed E-state index contributed by atoms with van der Waals surface area (Å²) in [6.45, 7) is 0.918. The quantitative estimate of drug-likeness (QED) is 0.497. The van der Waals surface area contributed by atoms with Crippen LogP contribution in [0.4, 0.5) is 13.2 Å². The first-order valence-corrected chi connectivity index (χ1v) is 12.7. The lowest BCUT2D eigenvalue weighted by Gasteiger charge is -2.38. The normalized spacial score (nSPS) is 25.6. The number of hydrogen-bond donors (Lipinski definition) is 3. The summed E-state index contributed by atoms with van der Waals surface area (Å²) < 4.78 is 43.7. The van der Waals surface area contributed by atoms with E-state index in [1.165, 1.54) is 18.2 Å². The first-order valence-electron chi connectivity index (χ1n) is 12.7. The lowest BCUT2D eigenvalue weighted by Crippen LogP contribution is -2.54. The third-order valence-electron chi connectivity index (χ3n) is 7.87. The second kappa shape index (κ2) is 9.69. The standard InChI is InChI=1S/C26H28F3N5O5/c1-14-10-15(2-3-17(14)28)11-30-20(36)18-19(35)22(38)34-13-25(29)5-7-26(8-6-25,24(34)31-18)32-21(37)23(39)33-9-4-16(27)12-33/h2-3,10,16,35H,4-9,11-13H2,1H3,(H,30,36)(H,32,37)/t16-,25?,26?/m1/s1. The minimum absolute atomic E-state index is 0.0125. The molecule has 1 aromatic carbocycles. The molecule has 1 saturated heterocycles. The van der Waals surface area contributed by atoms with Crippen LogP contribution in [0.1, 0.15) is 59.5 Å². The summed E-state index contributed by atoms with van der Waals surface area (Å²) in [5, 5.41) is 15.7. The number of likely N-dealkylation sites (tertiary alicyclic amines) is 1. The number of alkyl halides is 2. The Bertz CT molecular complexity index is 1420. The van der Waals surface area contributed by atoms with Gasteiger partial charge in [0.25, 0.3) is 11.5 Å². The molecule has 1 atom stereocenters. The van der Waals surface area contributed by atoms with E-state index in [0.717, 1.165) is 9.47 Å². The van der Waals surface area contributed by atoms with Crippen molar-refractivity contribution in [3.63, 3.8) is 0 Å². The van der Waals surface area contributed by atoms with Gasteiger partial charge in [0.2, 0.25) is 5.75 Å². The van der Waals surface area contributed by atoms with E-state index < -0.39 is 64.5 Å². The third-order valence-corrected chi connectivity index (χ3v) is 7.87. The van der Waals surface area contributed by atoms with E-state index in [2.05, 4.69) is 15.6 Å². The van der Waals surface area contributed by atoms with Crippen molar-refractivity contribution in [2.24, 2.45) is 0 Å². The van der Waals surface area contributed by atoms with Gasteiger partial charge in [-0.3, -0.25) is 23.7 Å². The number of carbonyl (C=O) groups is 3. The predicted octanol–water partition coefficient (Wildman–Crippen LogP) is 1.50. The molecule has 2 fully saturated rings. The molecule has 1 aromatic heterocycles. The number of halogens is 3. The fourth-order valence-corrected chi connectivity index (χ4v) is 5.58. The van der Waals surface area contributed by atoms with Crippen molar-refractivity contribution in [1.29, 1.82) is 0 Å². The Kier molecular flexibility index (Phi) is 6.63. The van der Waals surface area contributed by atoms with E-state index in [1.807, 2.05) is 0 Å². The van der Waals surface area contributed by atoms with Gasteiger partial charge in [0.1, 0.15) is 23.5 Å². The number of fused-ring (bicyclic) bond motifs is 2. The van der Waals surface area contributed by atoms with Gasteiger partial charge < -0.3 is 20.6 Å². The largest absolute Gasteiger partial charge is 0.501 e. The molecule has 4 aliphatic rings. The van der Waals surface area contributed by atoms with Crippen LogP contribution in [-0.2, 0) is 28.2 Å². The Morgan fingerprint density at radius 1 is 1.21 bits per heavy atom. The highest BCUT2D eigenvalue weighted by molar-refractivity contribution is 6.35. The number of nitrogens with zero attached hydrogens (tertiary/aromatic N) is 3. The second-order valence-electron chi connectivity index (χ2n) is 10.6.